The second-order valence-corrected chi connectivity index (χ2v) is 8.79. The number of fused-ring (bicyclic) bond motifs is 1. The largest absolute Gasteiger partial charge is 0.487 e. The van der Waals surface area contributed by atoms with Gasteiger partial charge in [0.2, 0.25) is 0 Å². The Morgan fingerprint density at radius 1 is 0.667 bits per heavy atom. The summed E-state index contributed by atoms with van der Waals surface area (Å²) in [6.07, 6.45) is 10.2. The minimum absolute atomic E-state index is 0.407. The van der Waals surface area contributed by atoms with Gasteiger partial charge >= 0.3 is 0 Å². The van der Waals surface area contributed by atoms with Crippen LogP contribution in [0.4, 0.5) is 0 Å². The minimum atomic E-state index is 0.407. The number of hydrogen-bond donors (Lipinski definition) is 0. The molecule has 1 aromatic carbocycles. The molecule has 0 fully saturated rings. The SMILES string of the molecule is CCCCCCCCCCO/N=C(/C)c1ccc2c(c1)OCCOCCOCCOCCOCCO2. The van der Waals surface area contributed by atoms with Crippen molar-refractivity contribution < 1.29 is 33.3 Å². The van der Waals surface area contributed by atoms with E-state index in [1.54, 1.807) is 0 Å². The van der Waals surface area contributed by atoms with Crippen LogP contribution in [0.1, 0.15) is 70.8 Å². The lowest BCUT2D eigenvalue weighted by atomic mass is 10.1. The fourth-order valence-electron chi connectivity index (χ4n) is 3.64. The molecule has 0 saturated heterocycles. The van der Waals surface area contributed by atoms with Gasteiger partial charge in [0.1, 0.15) is 19.8 Å². The zero-order chi connectivity index (χ0) is 25.5. The minimum Gasteiger partial charge on any atom is -0.487 e. The lowest BCUT2D eigenvalue weighted by Gasteiger charge is -2.15. The first-order chi connectivity index (χ1) is 17.8. The molecule has 0 aromatic heterocycles. The fraction of sp³-hybridized carbons (Fsp3) is 0.750. The molecule has 0 aliphatic carbocycles. The number of rotatable bonds is 11. The van der Waals surface area contributed by atoms with E-state index in [2.05, 4.69) is 12.1 Å². The molecule has 8 heteroatoms. The van der Waals surface area contributed by atoms with Gasteiger partial charge in [0.25, 0.3) is 0 Å². The molecule has 36 heavy (non-hydrogen) atoms. The Balaban J connectivity index is 1.81. The highest BCUT2D eigenvalue weighted by atomic mass is 16.6. The zero-order valence-corrected chi connectivity index (χ0v) is 22.5. The number of unbranched alkanes of at least 4 members (excludes halogenated alkanes) is 7. The van der Waals surface area contributed by atoms with Gasteiger partial charge in [0.15, 0.2) is 11.5 Å². The number of benzene rings is 1. The summed E-state index contributed by atoms with van der Waals surface area (Å²) in [6.45, 7) is 9.77. The average molecular weight is 510 g/mol. The molecule has 1 heterocycles. The molecular weight excluding hydrogens is 462 g/mol. The molecule has 0 saturated carbocycles. The smallest absolute Gasteiger partial charge is 0.161 e. The predicted molar refractivity (Wildman–Crippen MR) is 141 cm³/mol. The summed E-state index contributed by atoms with van der Waals surface area (Å²) >= 11 is 0. The van der Waals surface area contributed by atoms with E-state index in [0.717, 1.165) is 17.7 Å². The van der Waals surface area contributed by atoms with Crippen molar-refractivity contribution in [3.05, 3.63) is 23.8 Å². The summed E-state index contributed by atoms with van der Waals surface area (Å²) < 4.78 is 34.0. The molecule has 206 valence electrons. The molecule has 1 aliphatic heterocycles. The van der Waals surface area contributed by atoms with Gasteiger partial charge in [-0.05, 0) is 38.0 Å². The Morgan fingerprint density at radius 3 is 1.75 bits per heavy atom. The highest BCUT2D eigenvalue weighted by Gasteiger charge is 2.10. The third kappa shape index (κ3) is 14.6. The average Bonchev–Trinajstić information content (AvgIpc) is 2.89. The van der Waals surface area contributed by atoms with Crippen LogP contribution in [0.2, 0.25) is 0 Å². The van der Waals surface area contributed by atoms with E-state index in [1.807, 2.05) is 25.1 Å². The van der Waals surface area contributed by atoms with E-state index >= 15 is 0 Å². The van der Waals surface area contributed by atoms with E-state index in [9.17, 15) is 0 Å². The topological polar surface area (TPSA) is 77.0 Å². The first-order valence-electron chi connectivity index (χ1n) is 13.7. The van der Waals surface area contributed by atoms with Crippen molar-refractivity contribution in [2.45, 2.75) is 65.2 Å². The van der Waals surface area contributed by atoms with Crippen LogP contribution < -0.4 is 9.47 Å². The normalized spacial score (nSPS) is 17.2. The Hall–Kier alpha value is -1.87. The second kappa shape index (κ2) is 21.2. The monoisotopic (exact) mass is 509 g/mol. The van der Waals surface area contributed by atoms with Crippen molar-refractivity contribution in [1.29, 1.82) is 0 Å². The van der Waals surface area contributed by atoms with Crippen LogP contribution in [0.25, 0.3) is 0 Å². The molecule has 1 aromatic rings. The lowest BCUT2D eigenvalue weighted by Crippen LogP contribution is -2.16. The Bertz CT molecular complexity index is 698. The maximum Gasteiger partial charge on any atom is 0.161 e. The Labute approximate surface area is 217 Å². The van der Waals surface area contributed by atoms with E-state index in [0.29, 0.717) is 84.2 Å². The Kier molecular flexibility index (Phi) is 17.9. The zero-order valence-electron chi connectivity index (χ0n) is 22.5. The van der Waals surface area contributed by atoms with E-state index in [1.165, 1.54) is 44.9 Å². The Morgan fingerprint density at radius 2 is 1.17 bits per heavy atom. The summed E-state index contributed by atoms with van der Waals surface area (Å²) in [6, 6.07) is 5.80. The molecule has 1 aliphatic rings. The summed E-state index contributed by atoms with van der Waals surface area (Å²) in [7, 11) is 0. The predicted octanol–water partition coefficient (Wildman–Crippen LogP) is 5.41. The third-order valence-corrected chi connectivity index (χ3v) is 5.74. The first-order valence-corrected chi connectivity index (χ1v) is 13.7. The lowest BCUT2D eigenvalue weighted by molar-refractivity contribution is -0.00841. The van der Waals surface area contributed by atoms with Gasteiger partial charge in [0, 0.05) is 5.56 Å². The molecule has 0 radical (unpaired) electrons. The molecule has 0 N–H and O–H groups in total. The van der Waals surface area contributed by atoms with Crippen LogP contribution in [-0.4, -0.2) is 78.4 Å². The van der Waals surface area contributed by atoms with Crippen LogP contribution in [-0.2, 0) is 23.8 Å². The summed E-state index contributed by atoms with van der Waals surface area (Å²) in [5, 5.41) is 4.31. The number of nitrogens with zero attached hydrogens (tertiary/aromatic N) is 1. The van der Waals surface area contributed by atoms with Gasteiger partial charge < -0.3 is 33.3 Å². The van der Waals surface area contributed by atoms with Crippen LogP contribution in [0, 0.1) is 0 Å². The molecular formula is C28H47NO7. The van der Waals surface area contributed by atoms with Gasteiger partial charge in [-0.15, -0.1) is 0 Å². The van der Waals surface area contributed by atoms with E-state index in [-0.39, 0.29) is 0 Å². The molecule has 0 bridgehead atoms. The summed E-state index contributed by atoms with van der Waals surface area (Å²) in [4.78, 5) is 5.57. The van der Waals surface area contributed by atoms with Crippen LogP contribution in [0.3, 0.4) is 0 Å². The molecule has 0 unspecified atom stereocenters. The number of oxime groups is 1. The van der Waals surface area contributed by atoms with Crippen molar-refractivity contribution >= 4 is 5.71 Å². The maximum atomic E-state index is 5.98. The fourth-order valence-corrected chi connectivity index (χ4v) is 3.64. The quantitative estimate of drug-likeness (QED) is 0.224. The van der Waals surface area contributed by atoms with Crippen LogP contribution in [0.15, 0.2) is 23.4 Å². The summed E-state index contributed by atoms with van der Waals surface area (Å²) in [5.74, 6) is 1.31. The van der Waals surface area contributed by atoms with Crippen molar-refractivity contribution in [3.8, 4) is 11.5 Å². The number of hydrogen-bond acceptors (Lipinski definition) is 8. The molecule has 0 amide bonds. The standard InChI is InChI=1S/C28H47NO7/c1-3-4-5-6-7-8-9-10-13-36-29-25(2)26-11-12-27-28(24-26)35-23-21-33-19-17-31-15-14-30-16-18-32-20-22-34-27/h11-12,24H,3-10,13-23H2,1-2H3/b29-25-. The highest BCUT2D eigenvalue weighted by Crippen LogP contribution is 2.29. The van der Waals surface area contributed by atoms with Crippen molar-refractivity contribution in [2.75, 3.05) is 72.7 Å². The molecule has 0 atom stereocenters. The number of ether oxygens (including phenoxy) is 6. The van der Waals surface area contributed by atoms with Crippen LogP contribution >= 0.6 is 0 Å². The van der Waals surface area contributed by atoms with Gasteiger partial charge in [-0.3, -0.25) is 0 Å². The highest BCUT2D eigenvalue weighted by molar-refractivity contribution is 5.98. The molecule has 0 spiro atoms. The first kappa shape index (κ1) is 30.4. The van der Waals surface area contributed by atoms with Gasteiger partial charge in [-0.1, -0.05) is 50.6 Å². The van der Waals surface area contributed by atoms with E-state index in [4.69, 9.17) is 33.3 Å². The molecule has 2 rings (SSSR count). The van der Waals surface area contributed by atoms with Crippen LogP contribution in [0.5, 0.6) is 11.5 Å². The van der Waals surface area contributed by atoms with Crippen molar-refractivity contribution in [1.82, 2.24) is 0 Å². The summed E-state index contributed by atoms with van der Waals surface area (Å²) in [5.41, 5.74) is 1.73. The third-order valence-electron chi connectivity index (χ3n) is 5.74. The second-order valence-electron chi connectivity index (χ2n) is 8.79. The van der Waals surface area contributed by atoms with Gasteiger partial charge in [-0.2, -0.15) is 0 Å². The molecule has 8 nitrogen and oxygen atoms in total. The van der Waals surface area contributed by atoms with E-state index < -0.39 is 0 Å². The maximum absolute atomic E-state index is 5.98. The van der Waals surface area contributed by atoms with Gasteiger partial charge in [-0.25, -0.2) is 0 Å². The van der Waals surface area contributed by atoms with Crippen molar-refractivity contribution in [3.63, 3.8) is 0 Å². The van der Waals surface area contributed by atoms with Gasteiger partial charge in [0.05, 0.1) is 58.6 Å². The van der Waals surface area contributed by atoms with Crippen molar-refractivity contribution in [2.24, 2.45) is 5.16 Å².